The number of nitrogens with one attached hydrogen (secondary N) is 1. The second kappa shape index (κ2) is 7.82. The van der Waals surface area contributed by atoms with E-state index in [4.69, 9.17) is 9.47 Å². The zero-order valence-corrected chi connectivity index (χ0v) is 15.4. The third kappa shape index (κ3) is 3.82. The van der Waals surface area contributed by atoms with Crippen LogP contribution in [0.1, 0.15) is 20.8 Å². The van der Waals surface area contributed by atoms with Gasteiger partial charge in [-0.1, -0.05) is 24.3 Å². The fourth-order valence-electron chi connectivity index (χ4n) is 2.96. The number of amides is 1. The maximum absolute atomic E-state index is 12.5. The van der Waals surface area contributed by atoms with Crippen LogP contribution in [0.25, 0.3) is 10.4 Å². The number of aliphatic hydroxyl groups is 1. The summed E-state index contributed by atoms with van der Waals surface area (Å²) in [6.45, 7) is 1.45. The number of hydrogen-bond donors (Lipinski definition) is 2. The van der Waals surface area contributed by atoms with Gasteiger partial charge in [0.1, 0.15) is 13.2 Å². The van der Waals surface area contributed by atoms with Gasteiger partial charge >= 0.3 is 0 Å². The normalized spacial score (nSPS) is 12.6. The number of fused-ring (bicyclic) bond motifs is 1. The molecule has 1 aliphatic heterocycles. The zero-order valence-electron chi connectivity index (χ0n) is 14.6. The van der Waals surface area contributed by atoms with Crippen LogP contribution in [0.2, 0.25) is 0 Å². The van der Waals surface area contributed by atoms with Crippen LogP contribution in [0.4, 0.5) is 0 Å². The maximum atomic E-state index is 12.5. The largest absolute Gasteiger partial charge is 0.486 e. The first-order chi connectivity index (χ1) is 13.2. The van der Waals surface area contributed by atoms with Crippen molar-refractivity contribution in [3.63, 3.8) is 0 Å². The van der Waals surface area contributed by atoms with Gasteiger partial charge in [0, 0.05) is 11.4 Å². The highest BCUT2D eigenvalue weighted by molar-refractivity contribution is 7.17. The predicted molar refractivity (Wildman–Crippen MR) is 104 cm³/mol. The number of carbonyl (C=O) groups is 1. The highest BCUT2D eigenvalue weighted by Gasteiger charge is 2.15. The van der Waals surface area contributed by atoms with E-state index in [1.165, 1.54) is 11.3 Å². The van der Waals surface area contributed by atoms with Gasteiger partial charge in [0.2, 0.25) is 0 Å². The van der Waals surface area contributed by atoms with Gasteiger partial charge in [-0.3, -0.25) is 4.79 Å². The Kier molecular flexibility index (Phi) is 5.09. The number of rotatable bonds is 5. The van der Waals surface area contributed by atoms with Crippen molar-refractivity contribution in [2.75, 3.05) is 13.2 Å². The van der Waals surface area contributed by atoms with E-state index in [1.807, 2.05) is 54.6 Å². The van der Waals surface area contributed by atoms with Crippen molar-refractivity contribution < 1.29 is 19.4 Å². The van der Waals surface area contributed by atoms with Crippen LogP contribution in [0.3, 0.4) is 0 Å². The van der Waals surface area contributed by atoms with E-state index in [0.717, 1.165) is 33.1 Å². The Bertz CT molecular complexity index is 966. The lowest BCUT2D eigenvalue weighted by Crippen LogP contribution is -2.22. The Morgan fingerprint density at radius 2 is 1.78 bits per heavy atom. The van der Waals surface area contributed by atoms with Crippen molar-refractivity contribution in [2.24, 2.45) is 0 Å². The van der Waals surface area contributed by atoms with Crippen LogP contribution in [-0.2, 0) is 13.2 Å². The molecule has 2 heterocycles. The van der Waals surface area contributed by atoms with Gasteiger partial charge in [0.05, 0.1) is 11.5 Å². The first-order valence-corrected chi connectivity index (χ1v) is 9.52. The van der Waals surface area contributed by atoms with E-state index in [9.17, 15) is 9.90 Å². The minimum absolute atomic E-state index is 0.0424. The van der Waals surface area contributed by atoms with Gasteiger partial charge in [-0.05, 0) is 47.0 Å². The summed E-state index contributed by atoms with van der Waals surface area (Å²) < 4.78 is 11.2. The van der Waals surface area contributed by atoms with E-state index in [-0.39, 0.29) is 12.5 Å². The molecule has 6 heteroatoms. The quantitative estimate of drug-likeness (QED) is 0.709. The van der Waals surface area contributed by atoms with Crippen molar-refractivity contribution in [1.82, 2.24) is 5.32 Å². The molecule has 138 valence electrons. The summed E-state index contributed by atoms with van der Waals surface area (Å²) in [5, 5.41) is 12.3. The molecule has 4 rings (SSSR count). The van der Waals surface area contributed by atoms with Gasteiger partial charge < -0.3 is 19.9 Å². The summed E-state index contributed by atoms with van der Waals surface area (Å²) in [6, 6.07) is 17.1. The SMILES string of the molecule is O=C(NCc1ccccc1CO)c1ccc(-c2ccc3c(c2)OCCO3)s1. The van der Waals surface area contributed by atoms with Gasteiger partial charge in [-0.15, -0.1) is 11.3 Å². The van der Waals surface area contributed by atoms with Crippen molar-refractivity contribution in [3.05, 3.63) is 70.6 Å². The first-order valence-electron chi connectivity index (χ1n) is 8.70. The molecule has 0 saturated heterocycles. The van der Waals surface area contributed by atoms with Crippen LogP contribution < -0.4 is 14.8 Å². The molecule has 0 atom stereocenters. The molecule has 27 heavy (non-hydrogen) atoms. The number of thiophene rings is 1. The van der Waals surface area contributed by atoms with E-state index < -0.39 is 0 Å². The molecule has 5 nitrogen and oxygen atoms in total. The molecule has 0 aliphatic carbocycles. The van der Waals surface area contributed by atoms with Crippen molar-refractivity contribution >= 4 is 17.2 Å². The summed E-state index contributed by atoms with van der Waals surface area (Å²) >= 11 is 1.43. The lowest BCUT2D eigenvalue weighted by molar-refractivity contribution is 0.0954. The number of ether oxygens (including phenoxy) is 2. The standard InChI is InChI=1S/C21H19NO4S/c23-13-16-4-2-1-3-15(16)12-22-21(24)20-8-7-19(27-20)14-5-6-17-18(11-14)26-10-9-25-17/h1-8,11,23H,9-10,12-13H2,(H,22,24). The highest BCUT2D eigenvalue weighted by atomic mass is 32.1. The van der Waals surface area contributed by atoms with E-state index in [2.05, 4.69) is 5.32 Å². The second-order valence-electron chi connectivity index (χ2n) is 6.13. The monoisotopic (exact) mass is 381 g/mol. The van der Waals surface area contributed by atoms with Gasteiger partial charge in [0.25, 0.3) is 5.91 Å². The predicted octanol–water partition coefficient (Wildman–Crippen LogP) is 3.61. The van der Waals surface area contributed by atoms with Gasteiger partial charge in [-0.2, -0.15) is 0 Å². The van der Waals surface area contributed by atoms with E-state index in [0.29, 0.717) is 24.6 Å². The molecule has 0 fully saturated rings. The molecule has 2 N–H and O–H groups in total. The molecule has 0 saturated carbocycles. The highest BCUT2D eigenvalue weighted by Crippen LogP contribution is 2.36. The smallest absolute Gasteiger partial charge is 0.261 e. The summed E-state index contributed by atoms with van der Waals surface area (Å²) in [7, 11) is 0. The summed E-state index contributed by atoms with van der Waals surface area (Å²) in [5.74, 6) is 1.36. The Morgan fingerprint density at radius 3 is 2.59 bits per heavy atom. The topological polar surface area (TPSA) is 67.8 Å². The molecule has 1 aromatic heterocycles. The zero-order chi connectivity index (χ0) is 18.6. The average Bonchev–Trinajstić information content (AvgIpc) is 3.22. The molecule has 0 spiro atoms. The van der Waals surface area contributed by atoms with Crippen LogP contribution in [0.5, 0.6) is 11.5 Å². The molecule has 0 unspecified atom stereocenters. The fraction of sp³-hybridized carbons (Fsp3) is 0.190. The number of carbonyl (C=O) groups excluding carboxylic acids is 1. The Labute approximate surface area is 161 Å². The lowest BCUT2D eigenvalue weighted by Gasteiger charge is -2.18. The molecular formula is C21H19NO4S. The van der Waals surface area contributed by atoms with E-state index in [1.54, 1.807) is 0 Å². The third-order valence-corrected chi connectivity index (χ3v) is 5.52. The molecule has 0 radical (unpaired) electrons. The van der Waals surface area contributed by atoms with Crippen molar-refractivity contribution in [2.45, 2.75) is 13.2 Å². The minimum Gasteiger partial charge on any atom is -0.486 e. The average molecular weight is 381 g/mol. The molecule has 2 aromatic carbocycles. The maximum Gasteiger partial charge on any atom is 0.261 e. The molecule has 3 aromatic rings. The Hall–Kier alpha value is -2.83. The third-order valence-electron chi connectivity index (χ3n) is 4.38. The summed E-state index contributed by atoms with van der Waals surface area (Å²) in [4.78, 5) is 14.1. The van der Waals surface area contributed by atoms with E-state index >= 15 is 0 Å². The summed E-state index contributed by atoms with van der Waals surface area (Å²) in [6.07, 6.45) is 0. The first kappa shape index (κ1) is 17.6. The number of benzene rings is 2. The van der Waals surface area contributed by atoms with Crippen molar-refractivity contribution in [3.8, 4) is 21.9 Å². The van der Waals surface area contributed by atoms with Crippen LogP contribution in [-0.4, -0.2) is 24.2 Å². The second-order valence-corrected chi connectivity index (χ2v) is 7.22. The van der Waals surface area contributed by atoms with Crippen LogP contribution >= 0.6 is 11.3 Å². The fourth-order valence-corrected chi connectivity index (χ4v) is 3.88. The van der Waals surface area contributed by atoms with Crippen LogP contribution in [0, 0.1) is 0 Å². The van der Waals surface area contributed by atoms with Gasteiger partial charge in [0.15, 0.2) is 11.5 Å². The summed E-state index contributed by atoms with van der Waals surface area (Å²) in [5.41, 5.74) is 2.73. The number of hydrogen-bond acceptors (Lipinski definition) is 5. The molecule has 1 amide bonds. The van der Waals surface area contributed by atoms with Crippen molar-refractivity contribution in [1.29, 1.82) is 0 Å². The molecule has 0 bridgehead atoms. The number of aliphatic hydroxyl groups excluding tert-OH is 1. The Morgan fingerprint density at radius 1 is 1.00 bits per heavy atom. The molecule has 1 aliphatic rings. The molecular weight excluding hydrogens is 362 g/mol. The minimum atomic E-state index is -0.128. The van der Waals surface area contributed by atoms with Gasteiger partial charge in [-0.25, -0.2) is 0 Å². The Balaban J connectivity index is 1.46. The van der Waals surface area contributed by atoms with Crippen LogP contribution in [0.15, 0.2) is 54.6 Å². The lowest BCUT2D eigenvalue weighted by atomic mass is 10.1.